The van der Waals surface area contributed by atoms with E-state index in [-0.39, 0.29) is 6.85 Å². The van der Waals surface area contributed by atoms with Crippen LogP contribution in [0.4, 0.5) is 11.4 Å². The van der Waals surface area contributed by atoms with Crippen molar-refractivity contribution < 1.29 is 11.5 Å². The second kappa shape index (κ2) is 14.0. The van der Waals surface area contributed by atoms with E-state index >= 15 is 8.42 Å². The second-order valence-electron chi connectivity index (χ2n) is 10.7. The number of unbranched alkanes of at least 4 members (excludes halogenated alkanes) is 2. The molecule has 0 radical (unpaired) electrons. The molecule has 0 bridgehead atoms. The predicted octanol–water partition coefficient (Wildman–Crippen LogP) is 8.80. The Balaban J connectivity index is 2.02. The highest BCUT2D eigenvalue weighted by Crippen LogP contribution is 2.48. The molecule has 3 aromatic carbocycles. The van der Waals surface area contributed by atoms with Gasteiger partial charge in [-0.25, -0.2) is 12.6 Å². The average Bonchev–Trinajstić information content (AvgIpc) is 3.05. The summed E-state index contributed by atoms with van der Waals surface area (Å²) in [6.45, 7) is 6.83. The number of rotatable bonds is 12. The lowest BCUT2D eigenvalue weighted by atomic mass is 9.57. The van der Waals surface area contributed by atoms with E-state index in [4.69, 9.17) is 3.07 Å². The Morgan fingerprint density at radius 1 is 0.975 bits per heavy atom. The predicted molar refractivity (Wildman–Crippen MR) is 179 cm³/mol. The van der Waals surface area contributed by atoms with Crippen LogP contribution < -0.4 is 7.97 Å². The molecule has 4 rings (SSSR count). The number of anilines is 2. The summed E-state index contributed by atoms with van der Waals surface area (Å²) < 4.78 is 37.8. The van der Waals surface area contributed by atoms with Gasteiger partial charge in [0.25, 0.3) is 0 Å². The van der Waals surface area contributed by atoms with Crippen molar-refractivity contribution in [2.45, 2.75) is 80.8 Å². The number of benzene rings is 3. The minimum Gasteiger partial charge on any atom is -0.426 e. The summed E-state index contributed by atoms with van der Waals surface area (Å²) in [4.78, 5) is 3.49. The third-order valence-electron chi connectivity index (χ3n) is 7.91. The smallest absolute Gasteiger partial charge is 0.244 e. The maximum atomic E-state index is 15.1. The van der Waals surface area contributed by atoms with Crippen LogP contribution in [0, 0.1) is 0 Å². The fourth-order valence-electron chi connectivity index (χ4n) is 6.07. The van der Waals surface area contributed by atoms with Crippen LogP contribution in [-0.4, -0.2) is 37.8 Å². The van der Waals surface area contributed by atoms with Crippen molar-refractivity contribution in [2.75, 3.05) is 17.7 Å². The quantitative estimate of drug-likeness (QED) is 0.108. The fraction of sp³-hybridized carbons (Fsp3) is 0.419. The minimum absolute atomic E-state index is 0.228. The molecule has 0 aliphatic carbocycles. The topological polar surface area (TPSA) is 49.9 Å². The van der Waals surface area contributed by atoms with Crippen molar-refractivity contribution in [1.82, 2.24) is 4.22 Å². The molecule has 0 saturated heterocycles. The summed E-state index contributed by atoms with van der Waals surface area (Å²) in [6.07, 6.45) is 8.22. The molecule has 5 nitrogen and oxygen atoms in total. The Labute approximate surface area is 259 Å². The molecular formula is C31H40BIN2O3S2. The normalized spacial score (nSPS) is 16.3. The Morgan fingerprint density at radius 3 is 2.12 bits per heavy atom. The first kappa shape index (κ1) is 31.3. The van der Waals surface area contributed by atoms with Crippen molar-refractivity contribution in [3.8, 4) is 5.75 Å². The molecule has 0 spiro atoms. The van der Waals surface area contributed by atoms with Gasteiger partial charge in [0.05, 0.1) is 10.6 Å². The molecule has 1 heterocycles. The third-order valence-corrected chi connectivity index (χ3v) is 11.3. The van der Waals surface area contributed by atoms with Gasteiger partial charge in [0, 0.05) is 23.8 Å². The SMILES string of the molecule is CCCCC1(CCCC)CN(c2ccccc2)c2cc(SC)c(OI)cc2S(=O)(=O)N1B(C)Cc1ccccc1. The molecule has 1 aliphatic heterocycles. The Hall–Kier alpha value is -1.69. The van der Waals surface area contributed by atoms with Gasteiger partial charge in [-0.1, -0.05) is 100 Å². The van der Waals surface area contributed by atoms with Gasteiger partial charge in [-0.15, -0.1) is 11.8 Å². The molecule has 0 saturated carbocycles. The first-order valence-electron chi connectivity index (χ1n) is 14.2. The molecule has 0 N–H and O–H groups in total. The van der Waals surface area contributed by atoms with Gasteiger partial charge in [0.2, 0.25) is 16.9 Å². The van der Waals surface area contributed by atoms with E-state index in [1.807, 2.05) is 75.9 Å². The summed E-state index contributed by atoms with van der Waals surface area (Å²) in [7, 11) is -3.91. The average molecular weight is 691 g/mol. The standard InChI is InChI=1S/C31H40BIN2O3S2/c1-5-7-19-31(20-8-6-2)24-34(26-17-13-10-14-18-26)27-21-29(39-4)28(38-33)22-30(27)40(36,37)35(31)32(3)23-25-15-11-9-12-16-25/h9-18,21-22H,5-8,19-20,23-24H2,1-4H3. The second-order valence-corrected chi connectivity index (χ2v) is 13.8. The lowest BCUT2D eigenvalue weighted by Crippen LogP contribution is -2.61. The monoisotopic (exact) mass is 690 g/mol. The highest BCUT2D eigenvalue weighted by atomic mass is 127. The van der Waals surface area contributed by atoms with Crippen molar-refractivity contribution in [3.05, 3.63) is 78.4 Å². The number of hydrogen-bond acceptors (Lipinski definition) is 5. The molecule has 0 aromatic heterocycles. The number of fused-ring (bicyclic) bond motifs is 1. The number of para-hydroxylation sites is 1. The zero-order valence-corrected chi connectivity index (χ0v) is 27.8. The lowest BCUT2D eigenvalue weighted by Gasteiger charge is -2.46. The Morgan fingerprint density at radius 2 is 1.57 bits per heavy atom. The first-order valence-corrected chi connectivity index (χ1v) is 17.8. The van der Waals surface area contributed by atoms with Crippen LogP contribution in [0.25, 0.3) is 0 Å². The van der Waals surface area contributed by atoms with Crippen LogP contribution in [0.1, 0.15) is 57.9 Å². The van der Waals surface area contributed by atoms with Gasteiger partial charge >= 0.3 is 0 Å². The summed E-state index contributed by atoms with van der Waals surface area (Å²) >= 11 is 3.43. The van der Waals surface area contributed by atoms with E-state index in [1.165, 1.54) is 0 Å². The van der Waals surface area contributed by atoms with E-state index in [0.29, 0.717) is 23.5 Å². The van der Waals surface area contributed by atoms with Crippen LogP contribution in [0.3, 0.4) is 0 Å². The molecule has 214 valence electrons. The van der Waals surface area contributed by atoms with Crippen molar-refractivity contribution in [1.29, 1.82) is 0 Å². The number of hydrogen-bond donors (Lipinski definition) is 0. The van der Waals surface area contributed by atoms with Gasteiger partial charge in [-0.2, -0.15) is 0 Å². The molecule has 0 unspecified atom stereocenters. The van der Waals surface area contributed by atoms with Gasteiger partial charge in [0.1, 0.15) is 10.6 Å². The van der Waals surface area contributed by atoms with Crippen LogP contribution in [-0.2, 0) is 16.3 Å². The van der Waals surface area contributed by atoms with Crippen LogP contribution in [0.2, 0.25) is 6.82 Å². The summed E-state index contributed by atoms with van der Waals surface area (Å²) in [5.41, 5.74) is 2.30. The summed E-state index contributed by atoms with van der Waals surface area (Å²) in [6, 6.07) is 24.3. The number of thioether (sulfide) groups is 1. The highest BCUT2D eigenvalue weighted by Gasteiger charge is 2.51. The van der Waals surface area contributed by atoms with Gasteiger partial charge in [-0.05, 0) is 43.6 Å². The number of halogens is 1. The van der Waals surface area contributed by atoms with Crippen molar-refractivity contribution in [3.63, 3.8) is 0 Å². The van der Waals surface area contributed by atoms with E-state index in [0.717, 1.165) is 60.4 Å². The van der Waals surface area contributed by atoms with Gasteiger partial charge < -0.3 is 7.97 Å². The van der Waals surface area contributed by atoms with E-state index in [9.17, 15) is 0 Å². The lowest BCUT2D eigenvalue weighted by molar-refractivity contribution is 0.229. The molecular weight excluding hydrogens is 650 g/mol. The Kier molecular flexibility index (Phi) is 10.9. The summed E-state index contributed by atoms with van der Waals surface area (Å²) in [5, 5.41) is 0. The molecule has 3 aromatic rings. The van der Waals surface area contributed by atoms with Crippen LogP contribution in [0.5, 0.6) is 5.75 Å². The maximum absolute atomic E-state index is 15.1. The van der Waals surface area contributed by atoms with Crippen molar-refractivity contribution in [2.24, 2.45) is 0 Å². The van der Waals surface area contributed by atoms with Crippen LogP contribution >= 0.6 is 34.8 Å². The zero-order chi connectivity index (χ0) is 28.8. The molecule has 0 amide bonds. The van der Waals surface area contributed by atoms with E-state index in [1.54, 1.807) is 17.8 Å². The maximum Gasteiger partial charge on any atom is 0.244 e. The van der Waals surface area contributed by atoms with Gasteiger partial charge in [0.15, 0.2) is 23.0 Å². The van der Waals surface area contributed by atoms with E-state index < -0.39 is 15.6 Å². The number of sulfonamides is 1. The van der Waals surface area contributed by atoms with Gasteiger partial charge in [-0.3, -0.25) is 0 Å². The third kappa shape index (κ3) is 6.52. The molecule has 9 heteroatoms. The fourth-order valence-corrected chi connectivity index (χ4v) is 9.32. The summed E-state index contributed by atoms with van der Waals surface area (Å²) in [5.74, 6) is 0.578. The molecule has 1 aliphatic rings. The highest BCUT2D eigenvalue weighted by molar-refractivity contribution is 14.1. The van der Waals surface area contributed by atoms with Crippen molar-refractivity contribution >= 4 is 63.0 Å². The van der Waals surface area contributed by atoms with Crippen LogP contribution in [0.15, 0.2) is 82.6 Å². The zero-order valence-electron chi connectivity index (χ0n) is 24.0. The molecule has 40 heavy (non-hydrogen) atoms. The number of nitrogens with zero attached hydrogens (tertiary/aromatic N) is 2. The first-order chi connectivity index (χ1) is 19.3. The molecule has 0 atom stereocenters. The molecule has 0 fully saturated rings. The largest absolute Gasteiger partial charge is 0.426 e. The Bertz CT molecular complexity index is 1350. The minimum atomic E-state index is -3.91. The van der Waals surface area contributed by atoms with E-state index in [2.05, 4.69) is 49.8 Å².